The van der Waals surface area contributed by atoms with Crippen molar-refractivity contribution in [1.29, 1.82) is 0 Å². The molecule has 4 heteroatoms. The first-order chi connectivity index (χ1) is 6.74. The van der Waals surface area contributed by atoms with E-state index in [0.29, 0.717) is 13.2 Å². The van der Waals surface area contributed by atoms with E-state index in [0.717, 1.165) is 12.2 Å². The Morgan fingerprint density at radius 3 is 3.00 bits per heavy atom. The Morgan fingerprint density at radius 1 is 1.57 bits per heavy atom. The molecule has 0 fully saturated rings. The van der Waals surface area contributed by atoms with E-state index in [2.05, 4.69) is 4.98 Å². The molecule has 0 aromatic carbocycles. The summed E-state index contributed by atoms with van der Waals surface area (Å²) in [5.74, 6) is -0.453. The van der Waals surface area contributed by atoms with E-state index in [1.807, 2.05) is 18.9 Å². The van der Waals surface area contributed by atoms with Crippen molar-refractivity contribution in [2.24, 2.45) is 0 Å². The number of rotatable bonds is 5. The molecule has 0 aliphatic heterocycles. The summed E-state index contributed by atoms with van der Waals surface area (Å²) < 4.78 is 18.0. The van der Waals surface area contributed by atoms with Gasteiger partial charge in [-0.3, -0.25) is 0 Å². The minimum Gasteiger partial charge on any atom is -0.380 e. The van der Waals surface area contributed by atoms with Crippen LogP contribution in [0.5, 0.6) is 0 Å². The van der Waals surface area contributed by atoms with Gasteiger partial charge in [0.1, 0.15) is 0 Å². The van der Waals surface area contributed by atoms with Crippen molar-refractivity contribution in [3.63, 3.8) is 0 Å². The molecule has 0 bridgehead atoms. The van der Waals surface area contributed by atoms with Crippen molar-refractivity contribution < 1.29 is 9.13 Å². The molecule has 0 aliphatic rings. The summed E-state index contributed by atoms with van der Waals surface area (Å²) in [6, 6.07) is 3.18. The zero-order chi connectivity index (χ0) is 10.4. The molecule has 1 aromatic rings. The number of ether oxygens (including phenoxy) is 1. The molecule has 3 nitrogen and oxygen atoms in total. The summed E-state index contributed by atoms with van der Waals surface area (Å²) in [5.41, 5.74) is 0.817. The average Bonchev–Trinajstić information content (AvgIpc) is 2.18. The van der Waals surface area contributed by atoms with Gasteiger partial charge in [-0.05, 0) is 13.0 Å². The molecule has 0 amide bonds. The lowest BCUT2D eigenvalue weighted by Gasteiger charge is -2.18. The van der Waals surface area contributed by atoms with E-state index in [1.54, 1.807) is 6.07 Å². The average molecular weight is 198 g/mol. The molecule has 1 rings (SSSR count). The third kappa shape index (κ3) is 3.30. The highest BCUT2D eigenvalue weighted by molar-refractivity contribution is 5.43. The Bertz CT molecular complexity index is 281. The van der Waals surface area contributed by atoms with Crippen molar-refractivity contribution in [3.05, 3.63) is 24.3 Å². The Hall–Kier alpha value is -1.16. The normalized spacial score (nSPS) is 10.2. The van der Waals surface area contributed by atoms with Crippen LogP contribution >= 0.6 is 0 Å². The number of hydrogen-bond acceptors (Lipinski definition) is 3. The molecule has 0 aliphatic carbocycles. The monoisotopic (exact) mass is 198 g/mol. The van der Waals surface area contributed by atoms with Gasteiger partial charge < -0.3 is 9.64 Å². The first-order valence-electron chi connectivity index (χ1n) is 4.64. The zero-order valence-electron chi connectivity index (χ0n) is 8.53. The van der Waals surface area contributed by atoms with Crippen molar-refractivity contribution in [1.82, 2.24) is 4.98 Å². The maximum atomic E-state index is 12.7. The second-order valence-corrected chi connectivity index (χ2v) is 2.96. The van der Waals surface area contributed by atoms with Crippen molar-refractivity contribution >= 4 is 5.69 Å². The predicted octanol–water partition coefficient (Wildman–Crippen LogP) is 1.69. The topological polar surface area (TPSA) is 25.4 Å². The first kappa shape index (κ1) is 10.9. The molecule has 0 saturated heterocycles. The molecule has 0 N–H and O–H groups in total. The Balaban J connectivity index is 2.47. The lowest BCUT2D eigenvalue weighted by molar-refractivity contribution is 0.154. The van der Waals surface area contributed by atoms with Crippen molar-refractivity contribution in [2.75, 3.05) is 31.7 Å². The van der Waals surface area contributed by atoms with Crippen LogP contribution in [0, 0.1) is 5.95 Å². The van der Waals surface area contributed by atoms with Gasteiger partial charge >= 0.3 is 0 Å². The van der Waals surface area contributed by atoms with Crippen LogP contribution in [0.2, 0.25) is 0 Å². The quantitative estimate of drug-likeness (QED) is 0.532. The van der Waals surface area contributed by atoms with Gasteiger partial charge in [0, 0.05) is 38.1 Å². The number of pyridine rings is 1. The van der Waals surface area contributed by atoms with E-state index in [4.69, 9.17) is 4.74 Å². The maximum Gasteiger partial charge on any atom is 0.214 e. The summed E-state index contributed by atoms with van der Waals surface area (Å²) in [7, 11) is 1.90. The highest BCUT2D eigenvalue weighted by Gasteiger charge is 2.01. The number of anilines is 1. The predicted molar refractivity (Wildman–Crippen MR) is 54.0 cm³/mol. The number of nitrogens with zero attached hydrogens (tertiary/aromatic N) is 2. The van der Waals surface area contributed by atoms with Gasteiger partial charge in [-0.15, -0.1) is 0 Å². The molecular weight excluding hydrogens is 183 g/mol. The Morgan fingerprint density at radius 2 is 2.36 bits per heavy atom. The van der Waals surface area contributed by atoms with Gasteiger partial charge in [0.25, 0.3) is 0 Å². The summed E-state index contributed by atoms with van der Waals surface area (Å²) in [5, 5.41) is 0. The van der Waals surface area contributed by atoms with E-state index < -0.39 is 5.95 Å². The van der Waals surface area contributed by atoms with Gasteiger partial charge in [0.15, 0.2) is 0 Å². The largest absolute Gasteiger partial charge is 0.380 e. The van der Waals surface area contributed by atoms with Crippen LogP contribution in [-0.4, -0.2) is 31.8 Å². The number of aromatic nitrogens is 1. The third-order valence-corrected chi connectivity index (χ3v) is 1.93. The second kappa shape index (κ2) is 5.54. The molecule has 0 atom stereocenters. The molecule has 0 unspecified atom stereocenters. The van der Waals surface area contributed by atoms with E-state index in [1.165, 1.54) is 12.3 Å². The lowest BCUT2D eigenvalue weighted by Crippen LogP contribution is -2.22. The van der Waals surface area contributed by atoms with Crippen molar-refractivity contribution in [3.8, 4) is 0 Å². The smallest absolute Gasteiger partial charge is 0.214 e. The minimum atomic E-state index is -0.453. The minimum absolute atomic E-state index is 0.453. The molecule has 0 radical (unpaired) electrons. The van der Waals surface area contributed by atoms with Crippen LogP contribution in [0.15, 0.2) is 18.3 Å². The fourth-order valence-electron chi connectivity index (χ4n) is 1.10. The molecule has 0 spiro atoms. The highest BCUT2D eigenvalue weighted by atomic mass is 19.1. The summed E-state index contributed by atoms with van der Waals surface area (Å²) in [6.07, 6.45) is 1.46. The number of likely N-dealkylation sites (N-methyl/N-ethyl adjacent to an activating group) is 1. The van der Waals surface area contributed by atoms with Crippen LogP contribution in [0.1, 0.15) is 6.92 Å². The van der Waals surface area contributed by atoms with Gasteiger partial charge in [0.05, 0.1) is 6.61 Å². The van der Waals surface area contributed by atoms with Crippen LogP contribution in [0.25, 0.3) is 0 Å². The molecular formula is C10H15FN2O. The van der Waals surface area contributed by atoms with Gasteiger partial charge in [-0.25, -0.2) is 4.98 Å². The van der Waals surface area contributed by atoms with E-state index in [-0.39, 0.29) is 0 Å². The fourth-order valence-corrected chi connectivity index (χ4v) is 1.10. The van der Waals surface area contributed by atoms with Crippen LogP contribution in [0.3, 0.4) is 0 Å². The van der Waals surface area contributed by atoms with E-state index in [9.17, 15) is 4.39 Å². The van der Waals surface area contributed by atoms with Gasteiger partial charge in [-0.2, -0.15) is 4.39 Å². The lowest BCUT2D eigenvalue weighted by atomic mass is 10.3. The third-order valence-electron chi connectivity index (χ3n) is 1.93. The molecule has 1 aromatic heterocycles. The summed E-state index contributed by atoms with van der Waals surface area (Å²) in [6.45, 7) is 4.05. The number of halogens is 1. The standard InChI is InChI=1S/C10H15FN2O/c1-3-14-7-6-13(2)9-4-5-12-10(11)8-9/h4-5,8H,3,6-7H2,1-2H3. The first-order valence-corrected chi connectivity index (χ1v) is 4.64. The molecule has 78 valence electrons. The molecule has 0 saturated carbocycles. The summed E-state index contributed by atoms with van der Waals surface area (Å²) >= 11 is 0. The molecule has 14 heavy (non-hydrogen) atoms. The van der Waals surface area contributed by atoms with E-state index >= 15 is 0 Å². The van der Waals surface area contributed by atoms with Crippen LogP contribution < -0.4 is 4.90 Å². The van der Waals surface area contributed by atoms with Crippen molar-refractivity contribution in [2.45, 2.75) is 6.92 Å². The Labute approximate surface area is 83.5 Å². The second-order valence-electron chi connectivity index (χ2n) is 2.96. The van der Waals surface area contributed by atoms with Gasteiger partial charge in [0.2, 0.25) is 5.95 Å². The Kier molecular flexibility index (Phi) is 4.32. The van der Waals surface area contributed by atoms with Crippen LogP contribution in [0.4, 0.5) is 10.1 Å². The fraction of sp³-hybridized carbons (Fsp3) is 0.500. The zero-order valence-corrected chi connectivity index (χ0v) is 8.53. The summed E-state index contributed by atoms with van der Waals surface area (Å²) in [4.78, 5) is 5.43. The SMILES string of the molecule is CCOCCN(C)c1ccnc(F)c1. The maximum absolute atomic E-state index is 12.7. The molecule has 1 heterocycles. The van der Waals surface area contributed by atoms with Gasteiger partial charge in [-0.1, -0.05) is 0 Å². The number of hydrogen-bond donors (Lipinski definition) is 0. The van der Waals surface area contributed by atoms with Crippen LogP contribution in [-0.2, 0) is 4.74 Å². The highest BCUT2D eigenvalue weighted by Crippen LogP contribution is 2.11.